The number of hydrogen-bond acceptors (Lipinski definition) is 15. The van der Waals surface area contributed by atoms with Crippen molar-refractivity contribution in [2.24, 2.45) is 4.52 Å². The Balaban J connectivity index is 1.08. The van der Waals surface area contributed by atoms with Crippen LogP contribution in [0.4, 0.5) is 0 Å². The summed E-state index contributed by atoms with van der Waals surface area (Å²) in [6.45, 7) is 6.08. The molecule has 0 aliphatic carbocycles. The van der Waals surface area contributed by atoms with Crippen molar-refractivity contribution < 1.29 is 56.2 Å². The Labute approximate surface area is 443 Å². The summed E-state index contributed by atoms with van der Waals surface area (Å²) < 4.78 is 72.6. The van der Waals surface area contributed by atoms with Gasteiger partial charge in [-0.15, -0.1) is 4.52 Å². The molecule has 15 nitrogen and oxygen atoms in total. The first-order valence-electron chi connectivity index (χ1n) is 26.0. The van der Waals surface area contributed by atoms with E-state index in [9.17, 15) is 0 Å². The fourth-order valence-electron chi connectivity index (χ4n) is 7.96. The Morgan fingerprint density at radius 3 is 1.28 bits per heavy atom. The number of unbranched alkanes of at least 4 members (excludes halogenated alkanes) is 3. The van der Waals surface area contributed by atoms with Crippen LogP contribution in [-0.4, -0.2) is 87.0 Å². The molecule has 5 atom stereocenters. The predicted octanol–water partition coefficient (Wildman–Crippen LogP) is 13.5. The topological polar surface area (TPSA) is 140 Å². The van der Waals surface area contributed by atoms with E-state index in [1.165, 1.54) is 0 Å². The molecule has 396 valence electrons. The van der Waals surface area contributed by atoms with Crippen LogP contribution in [-0.2, 0) is 47.7 Å². The largest absolute Gasteiger partial charge is 0.447 e. The number of aryl methyl sites for hydroxylation is 3. The van der Waals surface area contributed by atoms with Gasteiger partial charge in [0.25, 0.3) is 0 Å². The van der Waals surface area contributed by atoms with Crippen LogP contribution in [0, 0.1) is 0 Å². The summed E-state index contributed by atoms with van der Waals surface area (Å²) in [5.41, 5.74) is 2.93. The van der Waals surface area contributed by atoms with E-state index < -0.39 is 24.6 Å². The van der Waals surface area contributed by atoms with Gasteiger partial charge in [0.05, 0.1) is 39.6 Å². The van der Waals surface area contributed by atoms with Gasteiger partial charge in [0, 0.05) is 29.0 Å². The molecule has 4 aliphatic heterocycles. The molecule has 4 aliphatic rings. The summed E-state index contributed by atoms with van der Waals surface area (Å²) in [5.74, 6) is 3.45. The van der Waals surface area contributed by atoms with Gasteiger partial charge in [0.1, 0.15) is 47.1 Å². The van der Waals surface area contributed by atoms with Crippen LogP contribution in [0.5, 0.6) is 34.5 Å². The summed E-state index contributed by atoms with van der Waals surface area (Å²) in [4.78, 5) is 14.4. The second-order valence-corrected chi connectivity index (χ2v) is 23.9. The van der Waals surface area contributed by atoms with Crippen LogP contribution in [0.3, 0.4) is 0 Å². The van der Waals surface area contributed by atoms with Gasteiger partial charge in [-0.2, -0.15) is 0 Å². The van der Waals surface area contributed by atoms with Crippen molar-refractivity contribution in [3.63, 3.8) is 0 Å². The maximum absolute atomic E-state index is 7.65. The Hall–Kier alpha value is -5.11. The van der Waals surface area contributed by atoms with Crippen molar-refractivity contribution >= 4 is 24.6 Å². The first-order valence-corrected chi connectivity index (χ1v) is 29.9. The molecule has 4 heterocycles. The number of para-hydroxylation sites is 6. The highest BCUT2D eigenvalue weighted by Crippen LogP contribution is 2.78. The van der Waals surface area contributed by atoms with Crippen molar-refractivity contribution in [2.45, 2.75) is 76.1 Å². The molecule has 75 heavy (non-hydrogen) atoms. The zero-order valence-corrected chi connectivity index (χ0v) is 44.8. The number of benzene rings is 6. The van der Waals surface area contributed by atoms with E-state index in [1.807, 2.05) is 146 Å². The minimum atomic E-state index is -4.05. The standard InChI is InChI=1S/C57H66N3O12P3/c1-4-28-49(29-5-1)67-59-73(69-50-30-6-2-7-31-50)58-75(71-56-35-14-11-23-47(56)26-17-20-38-62-41-53-44-65-53,72-57-36-15-12-24-48(57)27-18-21-39-63-42-54-45-66-54)60(74(59)70-51-32-8-3-9-33-51)68-55-34-13-10-22-46(55)25-16-19-37-61-40-52-43-64-52/h1-15,22-24,28-36,52-54H,16-21,25-27,37-45H2. The van der Waals surface area contributed by atoms with Crippen LogP contribution >= 0.6 is 24.6 Å². The molecule has 10 rings (SSSR count). The smallest absolute Gasteiger partial charge is 0.440 e. The van der Waals surface area contributed by atoms with Gasteiger partial charge in [-0.3, -0.25) is 0 Å². The molecular weight excluding hydrogens is 1010 g/mol. The average Bonchev–Trinajstić information content (AvgIpc) is 4.30. The maximum atomic E-state index is 7.65. The summed E-state index contributed by atoms with van der Waals surface area (Å²) in [6, 6.07) is 53.0. The lowest BCUT2D eigenvalue weighted by atomic mass is 10.1. The lowest BCUT2D eigenvalue weighted by molar-refractivity contribution is 0.0537. The first kappa shape index (κ1) is 53.3. The molecule has 6 aromatic carbocycles. The van der Waals surface area contributed by atoms with Gasteiger partial charge >= 0.3 is 24.6 Å². The van der Waals surface area contributed by atoms with Gasteiger partial charge < -0.3 is 56.2 Å². The molecule has 0 radical (unpaired) electrons. The minimum Gasteiger partial charge on any atom is -0.440 e. The van der Waals surface area contributed by atoms with Crippen molar-refractivity contribution in [1.29, 1.82) is 0 Å². The SMILES string of the molecule is c1ccc(ON2P(Oc3ccccc3)N=P(Oc3ccccc3CCCCOCC3CO3)(Oc3ccccc3CCCCOCC3CO3)N(Oc3ccccc3CCCCOCC3CO3)P2Oc2ccccc2)cc1. The fourth-order valence-corrected chi connectivity index (χ4v) is 15.5. The Morgan fingerprint density at radius 1 is 0.440 bits per heavy atom. The third-order valence-corrected chi connectivity index (χ3v) is 19.1. The zero-order chi connectivity index (χ0) is 50.7. The van der Waals surface area contributed by atoms with Crippen molar-refractivity contribution in [2.75, 3.05) is 59.5 Å². The van der Waals surface area contributed by atoms with Crippen LogP contribution < -0.4 is 27.8 Å². The molecule has 0 N–H and O–H groups in total. The summed E-state index contributed by atoms with van der Waals surface area (Å²) in [5, 5.41) is 0. The Morgan fingerprint density at radius 2 is 0.827 bits per heavy atom. The highest BCUT2D eigenvalue weighted by atomic mass is 31.3. The minimum absolute atomic E-state index is 0.219. The molecule has 0 aromatic heterocycles. The van der Waals surface area contributed by atoms with E-state index >= 15 is 0 Å². The highest BCUT2D eigenvalue weighted by Gasteiger charge is 2.58. The monoisotopic (exact) mass is 1080 g/mol. The average molecular weight is 1080 g/mol. The van der Waals surface area contributed by atoms with E-state index in [4.69, 9.17) is 60.7 Å². The van der Waals surface area contributed by atoms with E-state index in [0.717, 1.165) is 75.0 Å². The number of nitrogens with zero attached hydrogens (tertiary/aromatic N) is 3. The lowest BCUT2D eigenvalue weighted by Crippen LogP contribution is -2.37. The van der Waals surface area contributed by atoms with Gasteiger partial charge in [-0.25, -0.2) is 0 Å². The molecule has 3 saturated heterocycles. The Kier molecular flexibility index (Phi) is 19.7. The van der Waals surface area contributed by atoms with Crippen LogP contribution in [0.15, 0.2) is 168 Å². The first-order chi connectivity index (χ1) is 37.1. The molecule has 0 bridgehead atoms. The molecular formula is C57H66N3O12P3. The normalized spacial score (nSPS) is 21.9. The molecule has 3 fully saturated rings. The third kappa shape index (κ3) is 16.4. The number of ether oxygens (including phenoxy) is 6. The van der Waals surface area contributed by atoms with E-state index in [-0.39, 0.29) is 18.3 Å². The van der Waals surface area contributed by atoms with E-state index in [1.54, 1.807) is 9.21 Å². The quantitative estimate of drug-likeness (QED) is 0.0219. The zero-order valence-electron chi connectivity index (χ0n) is 42.1. The van der Waals surface area contributed by atoms with Gasteiger partial charge in [-0.1, -0.05) is 109 Å². The number of epoxide rings is 3. The summed E-state index contributed by atoms with van der Waals surface area (Å²) >= 11 is 0. The van der Waals surface area contributed by atoms with Gasteiger partial charge in [0.2, 0.25) is 0 Å². The van der Waals surface area contributed by atoms with Crippen molar-refractivity contribution in [3.8, 4) is 34.5 Å². The third-order valence-electron chi connectivity index (χ3n) is 12.2. The summed E-state index contributed by atoms with van der Waals surface area (Å²) in [6.07, 6.45) is 7.94. The second kappa shape index (κ2) is 27.8. The van der Waals surface area contributed by atoms with Gasteiger partial charge in [0.15, 0.2) is 5.75 Å². The summed E-state index contributed by atoms with van der Waals surface area (Å²) in [7, 11) is -8.52. The molecule has 18 heteroatoms. The van der Waals surface area contributed by atoms with Crippen molar-refractivity contribution in [1.82, 2.24) is 9.21 Å². The highest BCUT2D eigenvalue weighted by molar-refractivity contribution is 7.78. The van der Waals surface area contributed by atoms with E-state index in [0.29, 0.717) is 93.4 Å². The molecule has 0 spiro atoms. The fraction of sp³-hybridized carbons (Fsp3) is 0.368. The predicted molar refractivity (Wildman–Crippen MR) is 290 cm³/mol. The van der Waals surface area contributed by atoms with Crippen molar-refractivity contribution in [3.05, 3.63) is 180 Å². The van der Waals surface area contributed by atoms with Gasteiger partial charge in [-0.05, 0) is 129 Å². The molecule has 5 unspecified atom stereocenters. The number of rotatable bonds is 33. The van der Waals surface area contributed by atoms with Crippen LogP contribution in [0.1, 0.15) is 55.2 Å². The van der Waals surface area contributed by atoms with Crippen LogP contribution in [0.25, 0.3) is 0 Å². The molecule has 0 saturated carbocycles. The maximum Gasteiger partial charge on any atom is 0.447 e. The molecule has 6 aromatic rings. The number of hydrogen-bond donors (Lipinski definition) is 0. The second-order valence-electron chi connectivity index (χ2n) is 18.4. The molecule has 0 amide bonds. The Bertz CT molecular complexity index is 2630. The van der Waals surface area contributed by atoms with E-state index in [2.05, 4.69) is 18.2 Å². The van der Waals surface area contributed by atoms with Crippen LogP contribution in [0.2, 0.25) is 0 Å². The lowest BCUT2D eigenvalue weighted by Gasteiger charge is -2.44.